The normalized spacial score (nSPS) is 18.8. The Hall–Kier alpha value is -1.42. The van der Waals surface area contributed by atoms with Crippen LogP contribution in [0.3, 0.4) is 0 Å². The van der Waals surface area contributed by atoms with Crippen molar-refractivity contribution < 1.29 is 9.18 Å². The van der Waals surface area contributed by atoms with Gasteiger partial charge in [0.1, 0.15) is 5.82 Å². The van der Waals surface area contributed by atoms with Crippen molar-refractivity contribution in [3.8, 4) is 0 Å². The van der Waals surface area contributed by atoms with Crippen molar-refractivity contribution in [2.24, 2.45) is 0 Å². The maximum absolute atomic E-state index is 12.9. The van der Waals surface area contributed by atoms with Gasteiger partial charge in [-0.1, -0.05) is 12.1 Å². The first-order valence-corrected chi connectivity index (χ1v) is 6.48. The highest BCUT2D eigenvalue weighted by Gasteiger charge is 2.13. The van der Waals surface area contributed by atoms with Crippen LogP contribution in [0.1, 0.15) is 24.8 Å². The number of benzene rings is 1. The second kappa shape index (κ2) is 6.50. The van der Waals surface area contributed by atoms with Crippen molar-refractivity contribution >= 4 is 5.91 Å². The van der Waals surface area contributed by atoms with E-state index in [2.05, 4.69) is 10.6 Å². The van der Waals surface area contributed by atoms with E-state index in [1.807, 2.05) is 0 Å². The van der Waals surface area contributed by atoms with E-state index in [1.165, 1.54) is 25.0 Å². The van der Waals surface area contributed by atoms with Gasteiger partial charge in [-0.3, -0.25) is 4.79 Å². The number of hydrogen-bond acceptors (Lipinski definition) is 2. The molecular formula is C14H19FN2O. The van der Waals surface area contributed by atoms with E-state index in [9.17, 15) is 9.18 Å². The van der Waals surface area contributed by atoms with E-state index < -0.39 is 0 Å². The number of carbonyl (C=O) groups is 1. The second-order valence-corrected chi connectivity index (χ2v) is 4.74. The molecule has 0 spiro atoms. The molecule has 0 aromatic heterocycles. The van der Waals surface area contributed by atoms with E-state index >= 15 is 0 Å². The molecule has 98 valence electrons. The Morgan fingerprint density at radius 3 is 3.11 bits per heavy atom. The van der Waals surface area contributed by atoms with Gasteiger partial charge in [0.05, 0.1) is 6.42 Å². The van der Waals surface area contributed by atoms with E-state index in [0.29, 0.717) is 18.2 Å². The van der Waals surface area contributed by atoms with Crippen LogP contribution in [0, 0.1) is 5.82 Å². The predicted molar refractivity (Wildman–Crippen MR) is 68.8 cm³/mol. The van der Waals surface area contributed by atoms with Crippen molar-refractivity contribution in [1.29, 1.82) is 0 Å². The van der Waals surface area contributed by atoms with E-state index in [-0.39, 0.29) is 18.1 Å². The van der Waals surface area contributed by atoms with Crippen molar-refractivity contribution in [2.75, 3.05) is 13.1 Å². The molecule has 0 bridgehead atoms. The zero-order valence-electron chi connectivity index (χ0n) is 10.4. The van der Waals surface area contributed by atoms with Gasteiger partial charge >= 0.3 is 0 Å². The molecule has 0 unspecified atom stereocenters. The third kappa shape index (κ3) is 4.11. The molecule has 2 rings (SSSR count). The average molecular weight is 250 g/mol. The van der Waals surface area contributed by atoms with E-state index in [1.54, 1.807) is 12.1 Å². The van der Waals surface area contributed by atoms with Crippen LogP contribution in [0.15, 0.2) is 24.3 Å². The molecule has 1 amide bonds. The first-order valence-electron chi connectivity index (χ1n) is 6.48. The average Bonchev–Trinajstić information content (AvgIpc) is 2.82. The van der Waals surface area contributed by atoms with Crippen LogP contribution >= 0.6 is 0 Å². The standard InChI is InChI=1S/C14H19FN2O/c15-12-4-1-3-11(9-12)10-14(18)17-8-6-13-5-2-7-16-13/h1,3-4,9,13,16H,2,5-8,10H2,(H,17,18)/t13-/m0/s1. The van der Waals surface area contributed by atoms with Crippen LogP contribution in [0.4, 0.5) is 4.39 Å². The molecule has 1 saturated heterocycles. The Morgan fingerprint density at radius 1 is 1.50 bits per heavy atom. The number of rotatable bonds is 5. The predicted octanol–water partition coefficient (Wildman–Crippen LogP) is 1.63. The molecule has 1 aromatic carbocycles. The number of nitrogens with one attached hydrogen (secondary N) is 2. The van der Waals surface area contributed by atoms with Gasteiger partial charge in [0.15, 0.2) is 0 Å². The molecule has 1 fully saturated rings. The fraction of sp³-hybridized carbons (Fsp3) is 0.500. The molecule has 3 nitrogen and oxygen atoms in total. The Kier molecular flexibility index (Phi) is 4.70. The molecule has 1 aliphatic heterocycles. The van der Waals surface area contributed by atoms with Crippen molar-refractivity contribution in [3.05, 3.63) is 35.6 Å². The lowest BCUT2D eigenvalue weighted by Gasteiger charge is -2.10. The molecule has 1 heterocycles. The van der Waals surface area contributed by atoms with Crippen LogP contribution in [-0.4, -0.2) is 25.0 Å². The van der Waals surface area contributed by atoms with Gasteiger partial charge < -0.3 is 10.6 Å². The molecular weight excluding hydrogens is 231 g/mol. The molecule has 0 aliphatic carbocycles. The molecule has 4 heteroatoms. The van der Waals surface area contributed by atoms with Crippen molar-refractivity contribution in [2.45, 2.75) is 31.7 Å². The molecule has 1 aliphatic rings. The summed E-state index contributed by atoms with van der Waals surface area (Å²) in [7, 11) is 0. The van der Waals surface area contributed by atoms with Crippen molar-refractivity contribution in [1.82, 2.24) is 10.6 Å². The zero-order valence-corrected chi connectivity index (χ0v) is 10.4. The van der Waals surface area contributed by atoms with Gasteiger partial charge in [0.2, 0.25) is 5.91 Å². The van der Waals surface area contributed by atoms with Gasteiger partial charge in [-0.25, -0.2) is 4.39 Å². The lowest BCUT2D eigenvalue weighted by atomic mass is 10.1. The van der Waals surface area contributed by atoms with Crippen LogP contribution in [0.5, 0.6) is 0 Å². The monoisotopic (exact) mass is 250 g/mol. The summed E-state index contributed by atoms with van der Waals surface area (Å²) in [5.74, 6) is -0.339. The number of carbonyl (C=O) groups excluding carboxylic acids is 1. The van der Waals surface area contributed by atoms with Crippen LogP contribution in [0.2, 0.25) is 0 Å². The molecule has 0 saturated carbocycles. The van der Waals surface area contributed by atoms with Crippen LogP contribution in [-0.2, 0) is 11.2 Å². The second-order valence-electron chi connectivity index (χ2n) is 4.74. The van der Waals surface area contributed by atoms with Gasteiger partial charge in [0, 0.05) is 12.6 Å². The minimum Gasteiger partial charge on any atom is -0.356 e. The maximum atomic E-state index is 12.9. The summed E-state index contributed by atoms with van der Waals surface area (Å²) in [6.45, 7) is 1.77. The van der Waals surface area contributed by atoms with Gasteiger partial charge in [-0.05, 0) is 43.5 Å². The smallest absolute Gasteiger partial charge is 0.224 e. The molecule has 1 aromatic rings. The highest BCUT2D eigenvalue weighted by molar-refractivity contribution is 5.78. The third-order valence-electron chi connectivity index (χ3n) is 3.23. The minimum atomic E-state index is -0.296. The highest BCUT2D eigenvalue weighted by atomic mass is 19.1. The van der Waals surface area contributed by atoms with Crippen molar-refractivity contribution in [3.63, 3.8) is 0 Å². The summed E-state index contributed by atoms with van der Waals surface area (Å²) in [4.78, 5) is 11.6. The Labute approximate surface area is 107 Å². The summed E-state index contributed by atoms with van der Waals surface area (Å²) < 4.78 is 12.9. The first kappa shape index (κ1) is 13.0. The fourth-order valence-corrected chi connectivity index (χ4v) is 2.28. The zero-order chi connectivity index (χ0) is 12.8. The van der Waals surface area contributed by atoms with Crippen LogP contribution < -0.4 is 10.6 Å². The molecule has 0 radical (unpaired) electrons. The van der Waals surface area contributed by atoms with Gasteiger partial charge in [-0.2, -0.15) is 0 Å². The SMILES string of the molecule is O=C(Cc1cccc(F)c1)NCC[C@@H]1CCCN1. The summed E-state index contributed by atoms with van der Waals surface area (Å²) in [6, 6.07) is 6.71. The minimum absolute atomic E-state index is 0.0430. The molecule has 2 N–H and O–H groups in total. The molecule has 1 atom stereocenters. The summed E-state index contributed by atoms with van der Waals surface area (Å²) in [5, 5.41) is 6.26. The Bertz CT molecular complexity index is 403. The number of amides is 1. The first-order chi connectivity index (χ1) is 8.74. The van der Waals surface area contributed by atoms with E-state index in [0.717, 1.165) is 13.0 Å². The highest BCUT2D eigenvalue weighted by Crippen LogP contribution is 2.08. The van der Waals surface area contributed by atoms with Gasteiger partial charge in [-0.15, -0.1) is 0 Å². The third-order valence-corrected chi connectivity index (χ3v) is 3.23. The number of halogens is 1. The van der Waals surface area contributed by atoms with Crippen LogP contribution in [0.25, 0.3) is 0 Å². The van der Waals surface area contributed by atoms with Gasteiger partial charge in [0.25, 0.3) is 0 Å². The lowest BCUT2D eigenvalue weighted by molar-refractivity contribution is -0.120. The summed E-state index contributed by atoms with van der Waals surface area (Å²) in [6.07, 6.45) is 3.63. The summed E-state index contributed by atoms with van der Waals surface area (Å²) in [5.41, 5.74) is 0.714. The summed E-state index contributed by atoms with van der Waals surface area (Å²) >= 11 is 0. The largest absolute Gasteiger partial charge is 0.356 e. The topological polar surface area (TPSA) is 41.1 Å². The fourth-order valence-electron chi connectivity index (χ4n) is 2.28. The maximum Gasteiger partial charge on any atom is 0.224 e. The lowest BCUT2D eigenvalue weighted by Crippen LogP contribution is -2.31. The number of hydrogen-bond donors (Lipinski definition) is 2. The van der Waals surface area contributed by atoms with E-state index in [4.69, 9.17) is 0 Å². The quantitative estimate of drug-likeness (QED) is 0.834. The Morgan fingerprint density at radius 2 is 2.39 bits per heavy atom. The molecule has 18 heavy (non-hydrogen) atoms. The Balaban J connectivity index is 1.68.